The van der Waals surface area contributed by atoms with Gasteiger partial charge in [0.1, 0.15) is 5.82 Å². The van der Waals surface area contributed by atoms with Crippen LogP contribution in [0.2, 0.25) is 0 Å². The van der Waals surface area contributed by atoms with E-state index in [2.05, 4.69) is 0 Å². The third kappa shape index (κ3) is 3.27. The molecule has 2 atom stereocenters. The van der Waals surface area contributed by atoms with E-state index in [0.29, 0.717) is 6.42 Å². The van der Waals surface area contributed by atoms with Gasteiger partial charge in [0.2, 0.25) is 5.91 Å². The molecule has 2 N–H and O–H groups in total. The third-order valence-corrected chi connectivity index (χ3v) is 3.04. The maximum atomic E-state index is 12.8. The number of likely N-dealkylation sites (N-methyl/N-ethyl adjacent to an activating group) is 1. The van der Waals surface area contributed by atoms with E-state index in [1.165, 1.54) is 12.1 Å². The van der Waals surface area contributed by atoms with Crippen molar-refractivity contribution in [2.24, 2.45) is 5.73 Å². The summed E-state index contributed by atoms with van der Waals surface area (Å²) in [5.41, 5.74) is 6.60. The standard InChI is InChI=1S/C13H19FN2O/c1-4-12(15)13(17)16(3)9(2)10-5-7-11(14)8-6-10/h5-9,12H,4,15H2,1-3H3/t9?,12-/m1/s1. The van der Waals surface area contributed by atoms with Crippen LogP contribution in [0.3, 0.4) is 0 Å². The van der Waals surface area contributed by atoms with Crippen molar-refractivity contribution in [3.05, 3.63) is 35.6 Å². The lowest BCUT2D eigenvalue weighted by molar-refractivity contribution is -0.133. The number of hydrogen-bond acceptors (Lipinski definition) is 2. The van der Waals surface area contributed by atoms with Crippen LogP contribution >= 0.6 is 0 Å². The molecule has 17 heavy (non-hydrogen) atoms. The van der Waals surface area contributed by atoms with Crippen LogP contribution in [0.4, 0.5) is 4.39 Å². The summed E-state index contributed by atoms with van der Waals surface area (Å²) in [7, 11) is 1.71. The lowest BCUT2D eigenvalue weighted by Crippen LogP contribution is -2.42. The monoisotopic (exact) mass is 238 g/mol. The van der Waals surface area contributed by atoms with E-state index in [1.54, 1.807) is 24.1 Å². The summed E-state index contributed by atoms with van der Waals surface area (Å²) in [4.78, 5) is 13.5. The summed E-state index contributed by atoms with van der Waals surface area (Å²) in [5, 5.41) is 0. The number of benzene rings is 1. The molecule has 94 valence electrons. The van der Waals surface area contributed by atoms with Crippen molar-refractivity contribution in [1.29, 1.82) is 0 Å². The number of rotatable bonds is 4. The minimum atomic E-state index is -0.470. The zero-order valence-electron chi connectivity index (χ0n) is 10.5. The van der Waals surface area contributed by atoms with E-state index in [1.807, 2.05) is 13.8 Å². The van der Waals surface area contributed by atoms with Gasteiger partial charge in [0.15, 0.2) is 0 Å². The molecule has 0 radical (unpaired) electrons. The Morgan fingerprint density at radius 3 is 2.41 bits per heavy atom. The second-order valence-electron chi connectivity index (χ2n) is 4.19. The molecule has 1 amide bonds. The Hall–Kier alpha value is -1.42. The molecule has 3 nitrogen and oxygen atoms in total. The quantitative estimate of drug-likeness (QED) is 0.873. The summed E-state index contributed by atoms with van der Waals surface area (Å²) in [6.45, 7) is 3.77. The van der Waals surface area contributed by atoms with Crippen molar-refractivity contribution < 1.29 is 9.18 Å². The molecule has 1 rings (SSSR count). The molecule has 0 aliphatic rings. The lowest BCUT2D eigenvalue weighted by atomic mass is 10.1. The van der Waals surface area contributed by atoms with Crippen LogP contribution in [-0.4, -0.2) is 23.9 Å². The van der Waals surface area contributed by atoms with Crippen LogP contribution in [0.15, 0.2) is 24.3 Å². The van der Waals surface area contributed by atoms with E-state index in [4.69, 9.17) is 5.73 Å². The number of carbonyl (C=O) groups is 1. The molecule has 4 heteroatoms. The molecule has 1 unspecified atom stereocenters. The average Bonchev–Trinajstić information content (AvgIpc) is 2.36. The summed E-state index contributed by atoms with van der Waals surface area (Å²) >= 11 is 0. The molecular formula is C13H19FN2O. The largest absolute Gasteiger partial charge is 0.338 e. The van der Waals surface area contributed by atoms with Crippen molar-refractivity contribution in [3.8, 4) is 0 Å². The molecule has 0 bridgehead atoms. The van der Waals surface area contributed by atoms with E-state index in [0.717, 1.165) is 5.56 Å². The molecule has 1 aromatic rings. The van der Waals surface area contributed by atoms with Gasteiger partial charge >= 0.3 is 0 Å². The van der Waals surface area contributed by atoms with Gasteiger partial charge in [-0.05, 0) is 31.0 Å². The zero-order chi connectivity index (χ0) is 13.0. The Labute approximate surface area is 101 Å². The Balaban J connectivity index is 2.79. The van der Waals surface area contributed by atoms with E-state index < -0.39 is 6.04 Å². The van der Waals surface area contributed by atoms with Crippen molar-refractivity contribution in [3.63, 3.8) is 0 Å². The molecule has 1 aromatic carbocycles. The van der Waals surface area contributed by atoms with Crippen LogP contribution in [0.1, 0.15) is 31.9 Å². The highest BCUT2D eigenvalue weighted by Gasteiger charge is 2.21. The molecule has 0 saturated carbocycles. The van der Waals surface area contributed by atoms with Crippen LogP contribution < -0.4 is 5.73 Å². The van der Waals surface area contributed by atoms with Gasteiger partial charge in [-0.15, -0.1) is 0 Å². The van der Waals surface area contributed by atoms with Crippen LogP contribution in [0, 0.1) is 5.82 Å². The van der Waals surface area contributed by atoms with Crippen molar-refractivity contribution in [1.82, 2.24) is 4.90 Å². The number of nitrogens with two attached hydrogens (primary N) is 1. The summed E-state index contributed by atoms with van der Waals surface area (Å²) in [6.07, 6.45) is 0.610. The fourth-order valence-electron chi connectivity index (χ4n) is 1.59. The Kier molecular flexibility index (Phi) is 4.63. The Morgan fingerprint density at radius 1 is 1.41 bits per heavy atom. The Morgan fingerprint density at radius 2 is 1.94 bits per heavy atom. The first-order valence-electron chi connectivity index (χ1n) is 5.75. The molecule has 0 saturated heterocycles. The zero-order valence-corrected chi connectivity index (χ0v) is 10.5. The first kappa shape index (κ1) is 13.6. The van der Waals surface area contributed by atoms with Crippen LogP contribution in [0.5, 0.6) is 0 Å². The minimum Gasteiger partial charge on any atom is -0.338 e. The number of halogens is 1. The molecule has 0 heterocycles. The van der Waals surface area contributed by atoms with Crippen molar-refractivity contribution >= 4 is 5.91 Å². The molecule has 0 aromatic heterocycles. The second kappa shape index (κ2) is 5.77. The normalized spacial score (nSPS) is 14.2. The molecular weight excluding hydrogens is 219 g/mol. The van der Waals surface area contributed by atoms with Gasteiger partial charge in [0, 0.05) is 7.05 Å². The lowest BCUT2D eigenvalue weighted by Gasteiger charge is -2.27. The predicted molar refractivity (Wildman–Crippen MR) is 65.9 cm³/mol. The second-order valence-corrected chi connectivity index (χ2v) is 4.19. The van der Waals surface area contributed by atoms with Crippen LogP contribution in [0.25, 0.3) is 0 Å². The fraction of sp³-hybridized carbons (Fsp3) is 0.462. The van der Waals surface area contributed by atoms with Gasteiger partial charge in [-0.2, -0.15) is 0 Å². The van der Waals surface area contributed by atoms with Crippen LogP contribution in [-0.2, 0) is 4.79 Å². The van der Waals surface area contributed by atoms with Gasteiger partial charge < -0.3 is 10.6 Å². The topological polar surface area (TPSA) is 46.3 Å². The maximum Gasteiger partial charge on any atom is 0.239 e. The molecule has 0 aliphatic carbocycles. The van der Waals surface area contributed by atoms with Crippen molar-refractivity contribution in [2.75, 3.05) is 7.05 Å². The fourth-order valence-corrected chi connectivity index (χ4v) is 1.59. The number of hydrogen-bond donors (Lipinski definition) is 1. The van der Waals surface area contributed by atoms with E-state index >= 15 is 0 Å². The van der Waals surface area contributed by atoms with Gasteiger partial charge in [0.25, 0.3) is 0 Å². The highest BCUT2D eigenvalue weighted by molar-refractivity contribution is 5.81. The van der Waals surface area contributed by atoms with Crippen molar-refractivity contribution in [2.45, 2.75) is 32.4 Å². The highest BCUT2D eigenvalue weighted by Crippen LogP contribution is 2.19. The minimum absolute atomic E-state index is 0.0932. The summed E-state index contributed by atoms with van der Waals surface area (Å²) in [5.74, 6) is -0.371. The summed E-state index contributed by atoms with van der Waals surface area (Å²) < 4.78 is 12.8. The maximum absolute atomic E-state index is 12.8. The first-order valence-corrected chi connectivity index (χ1v) is 5.75. The molecule has 0 aliphatic heterocycles. The van der Waals surface area contributed by atoms with Gasteiger partial charge in [-0.1, -0.05) is 19.1 Å². The SMILES string of the molecule is CC[C@@H](N)C(=O)N(C)C(C)c1ccc(F)cc1. The molecule has 0 spiro atoms. The predicted octanol–water partition coefficient (Wildman–Crippen LogP) is 2.08. The number of carbonyl (C=O) groups excluding carboxylic acids is 1. The number of nitrogens with zero attached hydrogens (tertiary/aromatic N) is 1. The highest BCUT2D eigenvalue weighted by atomic mass is 19.1. The number of amides is 1. The van der Waals surface area contributed by atoms with Gasteiger partial charge in [-0.25, -0.2) is 4.39 Å². The summed E-state index contributed by atoms with van der Waals surface area (Å²) in [6, 6.07) is 5.57. The van der Waals surface area contributed by atoms with Gasteiger partial charge in [-0.3, -0.25) is 4.79 Å². The average molecular weight is 238 g/mol. The third-order valence-electron chi connectivity index (χ3n) is 3.04. The van der Waals surface area contributed by atoms with E-state index in [9.17, 15) is 9.18 Å². The Bertz CT molecular complexity index is 378. The molecule has 0 fully saturated rings. The van der Waals surface area contributed by atoms with Gasteiger partial charge in [0.05, 0.1) is 12.1 Å². The smallest absolute Gasteiger partial charge is 0.239 e. The van der Waals surface area contributed by atoms with E-state index in [-0.39, 0.29) is 17.8 Å². The first-order chi connectivity index (χ1) is 7.97.